The van der Waals surface area contributed by atoms with Gasteiger partial charge < -0.3 is 10.6 Å². The molecular formula is C19H20N4O2S. The van der Waals surface area contributed by atoms with E-state index in [1.807, 2.05) is 61.7 Å². The Morgan fingerprint density at radius 1 is 1.15 bits per heavy atom. The number of amides is 2. The van der Waals surface area contributed by atoms with Gasteiger partial charge in [-0.2, -0.15) is 5.10 Å². The highest BCUT2D eigenvalue weighted by atomic mass is 32.1. The van der Waals surface area contributed by atoms with Crippen LogP contribution in [-0.2, 0) is 4.79 Å². The first-order valence-corrected chi connectivity index (χ1v) is 9.19. The molecule has 0 radical (unpaired) electrons. The summed E-state index contributed by atoms with van der Waals surface area (Å²) in [5, 5.41) is 11.9. The number of carbonyl (C=O) groups is 2. The van der Waals surface area contributed by atoms with Crippen LogP contribution in [0.15, 0.2) is 54.0 Å². The molecule has 0 unspecified atom stereocenters. The molecule has 2 aromatic heterocycles. The average Bonchev–Trinajstić information content (AvgIpc) is 3.29. The SMILES string of the molecule is CC(C)NC(=O)CNC(=O)c1cn(-c2ccccc2)nc1-c1cccs1. The molecule has 0 spiro atoms. The molecule has 6 nitrogen and oxygen atoms in total. The Bertz CT molecular complexity index is 886. The fraction of sp³-hybridized carbons (Fsp3) is 0.211. The number of rotatable bonds is 6. The van der Waals surface area contributed by atoms with Gasteiger partial charge >= 0.3 is 0 Å². The molecule has 0 aliphatic rings. The zero-order valence-electron chi connectivity index (χ0n) is 14.6. The van der Waals surface area contributed by atoms with Gasteiger partial charge in [-0.1, -0.05) is 24.3 Å². The van der Waals surface area contributed by atoms with Gasteiger partial charge in [0.25, 0.3) is 5.91 Å². The van der Waals surface area contributed by atoms with Crippen LogP contribution >= 0.6 is 11.3 Å². The van der Waals surface area contributed by atoms with E-state index in [1.54, 1.807) is 10.9 Å². The summed E-state index contributed by atoms with van der Waals surface area (Å²) >= 11 is 1.51. The number of hydrogen-bond acceptors (Lipinski definition) is 4. The molecule has 3 aromatic rings. The Hall–Kier alpha value is -2.93. The van der Waals surface area contributed by atoms with Gasteiger partial charge in [0.05, 0.1) is 22.7 Å². The maximum Gasteiger partial charge on any atom is 0.255 e. The summed E-state index contributed by atoms with van der Waals surface area (Å²) in [5.74, 6) is -0.545. The number of hydrogen-bond donors (Lipinski definition) is 2. The Balaban J connectivity index is 1.86. The Labute approximate surface area is 155 Å². The van der Waals surface area contributed by atoms with E-state index in [2.05, 4.69) is 15.7 Å². The molecular weight excluding hydrogens is 348 g/mol. The van der Waals surface area contributed by atoms with Crippen molar-refractivity contribution in [3.8, 4) is 16.3 Å². The van der Waals surface area contributed by atoms with Crippen LogP contribution in [0.4, 0.5) is 0 Å². The van der Waals surface area contributed by atoms with Crippen molar-refractivity contribution < 1.29 is 9.59 Å². The predicted molar refractivity (Wildman–Crippen MR) is 102 cm³/mol. The number of carbonyl (C=O) groups excluding carboxylic acids is 2. The molecule has 26 heavy (non-hydrogen) atoms. The van der Waals surface area contributed by atoms with Crippen LogP contribution in [0.3, 0.4) is 0 Å². The zero-order chi connectivity index (χ0) is 18.5. The normalized spacial score (nSPS) is 10.7. The van der Waals surface area contributed by atoms with Crippen molar-refractivity contribution in [2.75, 3.05) is 6.54 Å². The molecule has 7 heteroatoms. The molecule has 0 bridgehead atoms. The highest BCUT2D eigenvalue weighted by molar-refractivity contribution is 7.13. The lowest BCUT2D eigenvalue weighted by Crippen LogP contribution is -2.39. The van der Waals surface area contributed by atoms with Gasteiger partial charge in [0.1, 0.15) is 5.69 Å². The minimum absolute atomic E-state index is 0.0295. The van der Waals surface area contributed by atoms with Crippen molar-refractivity contribution in [2.24, 2.45) is 0 Å². The summed E-state index contributed by atoms with van der Waals surface area (Å²) in [4.78, 5) is 25.3. The molecule has 0 saturated heterocycles. The van der Waals surface area contributed by atoms with Gasteiger partial charge in [0, 0.05) is 12.2 Å². The molecule has 2 heterocycles. The highest BCUT2D eigenvalue weighted by Crippen LogP contribution is 2.27. The van der Waals surface area contributed by atoms with E-state index < -0.39 is 0 Å². The minimum Gasteiger partial charge on any atom is -0.352 e. The van der Waals surface area contributed by atoms with Crippen molar-refractivity contribution in [1.29, 1.82) is 0 Å². The second-order valence-corrected chi connectivity index (χ2v) is 7.00. The maximum absolute atomic E-state index is 12.7. The molecule has 2 amide bonds. The molecule has 0 aliphatic heterocycles. The van der Waals surface area contributed by atoms with Crippen molar-refractivity contribution >= 4 is 23.2 Å². The monoisotopic (exact) mass is 368 g/mol. The molecule has 0 atom stereocenters. The molecule has 134 valence electrons. The predicted octanol–water partition coefficient (Wildman–Crippen LogP) is 2.86. The van der Waals surface area contributed by atoms with Gasteiger partial charge in [0.2, 0.25) is 5.91 Å². The van der Waals surface area contributed by atoms with Crippen LogP contribution in [0, 0.1) is 0 Å². The van der Waals surface area contributed by atoms with E-state index >= 15 is 0 Å². The van der Waals surface area contributed by atoms with Crippen LogP contribution < -0.4 is 10.6 Å². The summed E-state index contributed by atoms with van der Waals surface area (Å²) in [5.41, 5.74) is 1.90. The molecule has 2 N–H and O–H groups in total. The van der Waals surface area contributed by atoms with Gasteiger partial charge in [0.15, 0.2) is 0 Å². The first kappa shape index (κ1) is 17.9. The number of para-hydroxylation sites is 1. The smallest absolute Gasteiger partial charge is 0.255 e. The van der Waals surface area contributed by atoms with Crippen molar-refractivity contribution in [3.63, 3.8) is 0 Å². The number of nitrogens with one attached hydrogen (secondary N) is 2. The largest absolute Gasteiger partial charge is 0.352 e. The molecule has 0 aliphatic carbocycles. The number of thiophene rings is 1. The van der Waals surface area contributed by atoms with Gasteiger partial charge in [-0.3, -0.25) is 9.59 Å². The molecule has 0 fully saturated rings. The first-order chi connectivity index (χ1) is 12.5. The summed E-state index contributed by atoms with van der Waals surface area (Å²) in [7, 11) is 0. The van der Waals surface area contributed by atoms with E-state index in [9.17, 15) is 9.59 Å². The maximum atomic E-state index is 12.7. The summed E-state index contributed by atoms with van der Waals surface area (Å²) in [6.07, 6.45) is 1.69. The lowest BCUT2D eigenvalue weighted by atomic mass is 10.2. The third-order valence-corrected chi connectivity index (χ3v) is 4.47. The lowest BCUT2D eigenvalue weighted by molar-refractivity contribution is -0.120. The average molecular weight is 368 g/mol. The quantitative estimate of drug-likeness (QED) is 0.702. The van der Waals surface area contributed by atoms with Crippen molar-refractivity contribution in [3.05, 3.63) is 59.6 Å². The summed E-state index contributed by atoms with van der Waals surface area (Å²) < 4.78 is 1.68. The van der Waals surface area contributed by atoms with E-state index in [4.69, 9.17) is 0 Å². The number of benzene rings is 1. The highest BCUT2D eigenvalue weighted by Gasteiger charge is 2.19. The zero-order valence-corrected chi connectivity index (χ0v) is 15.4. The van der Waals surface area contributed by atoms with Crippen LogP contribution in [0.5, 0.6) is 0 Å². The third kappa shape index (κ3) is 4.18. The lowest BCUT2D eigenvalue weighted by Gasteiger charge is -2.09. The Kier molecular flexibility index (Phi) is 5.48. The van der Waals surface area contributed by atoms with E-state index in [0.29, 0.717) is 11.3 Å². The number of aromatic nitrogens is 2. The topological polar surface area (TPSA) is 76.0 Å². The second-order valence-electron chi connectivity index (χ2n) is 6.05. The van der Waals surface area contributed by atoms with Gasteiger partial charge in [-0.15, -0.1) is 11.3 Å². The third-order valence-electron chi connectivity index (χ3n) is 3.59. The van der Waals surface area contributed by atoms with Crippen LogP contribution in [0.1, 0.15) is 24.2 Å². The summed E-state index contributed by atoms with van der Waals surface area (Å²) in [6, 6.07) is 13.5. The van der Waals surface area contributed by atoms with E-state index in [0.717, 1.165) is 10.6 Å². The Morgan fingerprint density at radius 3 is 2.58 bits per heavy atom. The fourth-order valence-electron chi connectivity index (χ4n) is 2.48. The van der Waals surface area contributed by atoms with Crippen molar-refractivity contribution in [2.45, 2.75) is 19.9 Å². The first-order valence-electron chi connectivity index (χ1n) is 8.31. The fourth-order valence-corrected chi connectivity index (χ4v) is 3.20. The molecule has 1 aromatic carbocycles. The summed E-state index contributed by atoms with van der Waals surface area (Å²) in [6.45, 7) is 3.68. The van der Waals surface area contributed by atoms with Crippen LogP contribution in [0.25, 0.3) is 16.3 Å². The van der Waals surface area contributed by atoms with Gasteiger partial charge in [-0.05, 0) is 37.4 Å². The van der Waals surface area contributed by atoms with Crippen LogP contribution in [-0.4, -0.2) is 34.2 Å². The number of nitrogens with zero attached hydrogens (tertiary/aromatic N) is 2. The van der Waals surface area contributed by atoms with Gasteiger partial charge in [-0.25, -0.2) is 4.68 Å². The van der Waals surface area contributed by atoms with E-state index in [-0.39, 0.29) is 24.4 Å². The Morgan fingerprint density at radius 2 is 1.92 bits per heavy atom. The second kappa shape index (κ2) is 7.97. The van der Waals surface area contributed by atoms with Crippen molar-refractivity contribution in [1.82, 2.24) is 20.4 Å². The minimum atomic E-state index is -0.325. The molecule has 3 rings (SSSR count). The van der Waals surface area contributed by atoms with Crippen LogP contribution in [0.2, 0.25) is 0 Å². The molecule has 0 saturated carbocycles. The van der Waals surface area contributed by atoms with E-state index in [1.165, 1.54) is 11.3 Å². The standard InChI is InChI=1S/C19H20N4O2S/c1-13(2)21-17(24)11-20-19(25)15-12-23(14-7-4-3-5-8-14)22-18(15)16-9-6-10-26-16/h3-10,12-13H,11H2,1-2H3,(H,20,25)(H,21,24).